The van der Waals surface area contributed by atoms with Crippen molar-refractivity contribution in [2.75, 3.05) is 13.1 Å². The molecule has 0 amide bonds. The molecule has 1 aliphatic heterocycles. The van der Waals surface area contributed by atoms with Gasteiger partial charge in [0.15, 0.2) is 0 Å². The molecule has 18 heavy (non-hydrogen) atoms. The van der Waals surface area contributed by atoms with Gasteiger partial charge in [-0.05, 0) is 32.4 Å². The summed E-state index contributed by atoms with van der Waals surface area (Å²) < 4.78 is 0. The Labute approximate surface area is 121 Å². The van der Waals surface area contributed by atoms with Crippen LogP contribution in [0.2, 0.25) is 5.02 Å². The lowest BCUT2D eigenvalue weighted by Crippen LogP contribution is -2.54. The number of nitrogens with zero attached hydrogens (tertiary/aromatic N) is 1. The van der Waals surface area contributed by atoms with E-state index in [4.69, 9.17) is 11.6 Å². The standard InChI is InChI=1S/C14H21ClN2.ClH/c1-10-8-17(9-11(2)16-10)12(3)13-6-4-5-7-14(13)15;/h4-7,10-12,16H,8-9H2,1-3H3;1H. The molecule has 2 nitrogen and oxygen atoms in total. The first-order valence-corrected chi connectivity index (χ1v) is 6.70. The van der Waals surface area contributed by atoms with Crippen LogP contribution in [0.25, 0.3) is 0 Å². The zero-order chi connectivity index (χ0) is 12.4. The molecule has 1 heterocycles. The van der Waals surface area contributed by atoms with Gasteiger partial charge in [0, 0.05) is 36.2 Å². The molecule has 4 heteroatoms. The molecular formula is C14H22Cl2N2. The summed E-state index contributed by atoms with van der Waals surface area (Å²) in [5, 5.41) is 4.43. The predicted molar refractivity (Wildman–Crippen MR) is 80.7 cm³/mol. The van der Waals surface area contributed by atoms with Crippen LogP contribution >= 0.6 is 24.0 Å². The van der Waals surface area contributed by atoms with E-state index in [0.29, 0.717) is 18.1 Å². The van der Waals surface area contributed by atoms with Crippen LogP contribution in [-0.4, -0.2) is 30.1 Å². The van der Waals surface area contributed by atoms with Crippen LogP contribution in [0.5, 0.6) is 0 Å². The zero-order valence-corrected chi connectivity index (χ0v) is 12.8. The van der Waals surface area contributed by atoms with Crippen molar-refractivity contribution in [1.29, 1.82) is 0 Å². The zero-order valence-electron chi connectivity index (χ0n) is 11.2. The minimum Gasteiger partial charge on any atom is -0.309 e. The summed E-state index contributed by atoms with van der Waals surface area (Å²) in [7, 11) is 0. The van der Waals surface area contributed by atoms with Crippen molar-refractivity contribution in [2.45, 2.75) is 38.9 Å². The Morgan fingerprint density at radius 2 is 1.78 bits per heavy atom. The lowest BCUT2D eigenvalue weighted by molar-refractivity contribution is 0.131. The van der Waals surface area contributed by atoms with E-state index in [9.17, 15) is 0 Å². The van der Waals surface area contributed by atoms with Crippen molar-refractivity contribution in [3.8, 4) is 0 Å². The molecule has 3 unspecified atom stereocenters. The number of hydrogen-bond acceptors (Lipinski definition) is 2. The molecule has 0 spiro atoms. The van der Waals surface area contributed by atoms with E-state index in [0.717, 1.165) is 18.1 Å². The van der Waals surface area contributed by atoms with E-state index in [-0.39, 0.29) is 12.4 Å². The van der Waals surface area contributed by atoms with Crippen molar-refractivity contribution in [3.63, 3.8) is 0 Å². The van der Waals surface area contributed by atoms with Gasteiger partial charge in [0.2, 0.25) is 0 Å². The highest BCUT2D eigenvalue weighted by molar-refractivity contribution is 6.31. The molecule has 0 aromatic heterocycles. The number of benzene rings is 1. The maximum Gasteiger partial charge on any atom is 0.0453 e. The van der Waals surface area contributed by atoms with E-state index >= 15 is 0 Å². The lowest BCUT2D eigenvalue weighted by atomic mass is 10.0. The van der Waals surface area contributed by atoms with Crippen LogP contribution in [0, 0.1) is 0 Å². The van der Waals surface area contributed by atoms with Crippen LogP contribution in [0.4, 0.5) is 0 Å². The highest BCUT2D eigenvalue weighted by Crippen LogP contribution is 2.28. The van der Waals surface area contributed by atoms with Crippen LogP contribution in [-0.2, 0) is 0 Å². The van der Waals surface area contributed by atoms with E-state index < -0.39 is 0 Å². The summed E-state index contributed by atoms with van der Waals surface area (Å²) in [6.45, 7) is 8.88. The van der Waals surface area contributed by atoms with E-state index in [1.807, 2.05) is 12.1 Å². The highest BCUT2D eigenvalue weighted by Gasteiger charge is 2.26. The number of piperazine rings is 1. The Morgan fingerprint density at radius 3 is 2.33 bits per heavy atom. The molecule has 3 atom stereocenters. The molecule has 1 aromatic rings. The van der Waals surface area contributed by atoms with Gasteiger partial charge in [-0.25, -0.2) is 0 Å². The quantitative estimate of drug-likeness (QED) is 0.896. The predicted octanol–water partition coefficient (Wildman–Crippen LogP) is 3.51. The third kappa shape index (κ3) is 3.61. The van der Waals surface area contributed by atoms with Crippen molar-refractivity contribution >= 4 is 24.0 Å². The fraction of sp³-hybridized carbons (Fsp3) is 0.571. The summed E-state index contributed by atoms with van der Waals surface area (Å²) in [6.07, 6.45) is 0. The molecule has 102 valence electrons. The molecule has 1 N–H and O–H groups in total. The summed E-state index contributed by atoms with van der Waals surface area (Å²) in [4.78, 5) is 2.51. The van der Waals surface area contributed by atoms with Crippen molar-refractivity contribution < 1.29 is 0 Å². The average molecular weight is 289 g/mol. The molecule has 0 saturated carbocycles. The van der Waals surface area contributed by atoms with Gasteiger partial charge < -0.3 is 5.32 Å². The van der Waals surface area contributed by atoms with Crippen LogP contribution in [0.15, 0.2) is 24.3 Å². The minimum atomic E-state index is 0. The minimum absolute atomic E-state index is 0. The van der Waals surface area contributed by atoms with Gasteiger partial charge in [0.25, 0.3) is 0 Å². The second kappa shape index (κ2) is 6.76. The Balaban J connectivity index is 0.00000162. The monoisotopic (exact) mass is 288 g/mol. The molecule has 0 radical (unpaired) electrons. The molecular weight excluding hydrogens is 267 g/mol. The van der Waals surface area contributed by atoms with Crippen molar-refractivity contribution in [3.05, 3.63) is 34.9 Å². The maximum absolute atomic E-state index is 6.27. The van der Waals surface area contributed by atoms with E-state index in [2.05, 4.69) is 43.1 Å². The Bertz CT molecular complexity index is 374. The normalized spacial score (nSPS) is 26.4. The molecule has 0 aliphatic carbocycles. The second-order valence-corrected chi connectivity index (χ2v) is 5.53. The van der Waals surface area contributed by atoms with Gasteiger partial charge in [-0.15, -0.1) is 12.4 Å². The highest BCUT2D eigenvalue weighted by atomic mass is 35.5. The van der Waals surface area contributed by atoms with Crippen molar-refractivity contribution in [1.82, 2.24) is 10.2 Å². The Morgan fingerprint density at radius 1 is 1.22 bits per heavy atom. The van der Waals surface area contributed by atoms with E-state index in [1.54, 1.807) is 0 Å². The van der Waals surface area contributed by atoms with Gasteiger partial charge in [-0.1, -0.05) is 29.8 Å². The second-order valence-electron chi connectivity index (χ2n) is 5.12. The Kier molecular flexibility index (Phi) is 5.93. The van der Waals surface area contributed by atoms with E-state index in [1.165, 1.54) is 5.56 Å². The summed E-state index contributed by atoms with van der Waals surface area (Å²) in [5.41, 5.74) is 1.23. The smallest absolute Gasteiger partial charge is 0.0453 e. The van der Waals surface area contributed by atoms with Crippen LogP contribution in [0.3, 0.4) is 0 Å². The summed E-state index contributed by atoms with van der Waals surface area (Å²) >= 11 is 6.27. The van der Waals surface area contributed by atoms with Gasteiger partial charge in [-0.3, -0.25) is 4.90 Å². The van der Waals surface area contributed by atoms with Crippen LogP contribution < -0.4 is 5.32 Å². The summed E-state index contributed by atoms with van der Waals surface area (Å²) in [5.74, 6) is 0. The largest absolute Gasteiger partial charge is 0.309 e. The first-order chi connectivity index (χ1) is 8.08. The van der Waals surface area contributed by atoms with Crippen molar-refractivity contribution in [2.24, 2.45) is 0 Å². The van der Waals surface area contributed by atoms with Gasteiger partial charge in [0.1, 0.15) is 0 Å². The van der Waals surface area contributed by atoms with Crippen LogP contribution in [0.1, 0.15) is 32.4 Å². The third-order valence-corrected chi connectivity index (χ3v) is 3.83. The molecule has 1 aliphatic rings. The SMILES string of the molecule is CC1CN(C(C)c2ccccc2Cl)CC(C)N1.Cl. The number of rotatable bonds is 2. The Hall–Kier alpha value is -0.280. The van der Waals surface area contributed by atoms with Gasteiger partial charge >= 0.3 is 0 Å². The maximum atomic E-state index is 6.27. The topological polar surface area (TPSA) is 15.3 Å². The number of halogens is 2. The fourth-order valence-electron chi connectivity index (χ4n) is 2.70. The molecule has 1 aromatic carbocycles. The lowest BCUT2D eigenvalue weighted by Gasteiger charge is -2.40. The average Bonchev–Trinajstić information content (AvgIpc) is 2.27. The molecule has 0 bridgehead atoms. The van der Waals surface area contributed by atoms with Gasteiger partial charge in [-0.2, -0.15) is 0 Å². The molecule has 2 rings (SSSR count). The number of hydrogen-bond donors (Lipinski definition) is 1. The summed E-state index contributed by atoms with van der Waals surface area (Å²) in [6, 6.07) is 9.63. The first kappa shape index (κ1) is 15.8. The van der Waals surface area contributed by atoms with Gasteiger partial charge in [0.05, 0.1) is 0 Å². The molecule has 1 saturated heterocycles. The number of nitrogens with one attached hydrogen (secondary N) is 1. The third-order valence-electron chi connectivity index (χ3n) is 3.49. The molecule has 1 fully saturated rings. The first-order valence-electron chi connectivity index (χ1n) is 6.32. The fourth-order valence-corrected chi connectivity index (χ4v) is 2.99.